The molecule has 2 spiro atoms. The van der Waals surface area contributed by atoms with Crippen molar-refractivity contribution < 1.29 is 14.4 Å². The molecule has 1 aromatic rings. The third-order valence-electron chi connectivity index (χ3n) is 8.38. The van der Waals surface area contributed by atoms with Crippen molar-refractivity contribution in [2.75, 3.05) is 0 Å². The molecule has 130 valence electrons. The van der Waals surface area contributed by atoms with Crippen molar-refractivity contribution in [2.45, 2.75) is 12.0 Å². The summed E-state index contributed by atoms with van der Waals surface area (Å²) in [6, 6.07) is 4.93. The Kier molecular flexibility index (Phi) is 1.83. The van der Waals surface area contributed by atoms with E-state index in [0.29, 0.717) is 5.92 Å². The van der Waals surface area contributed by atoms with E-state index in [4.69, 9.17) is 5.73 Å². The lowest BCUT2D eigenvalue weighted by Crippen LogP contribution is -2.57. The minimum Gasteiger partial charge on any atom is -0.324 e. The quantitative estimate of drug-likeness (QED) is 0.572. The first-order valence-corrected chi connectivity index (χ1v) is 9.07. The standard InChI is InChI=1S/C19H16N4O3/c20-19-7-18(19)13(19)12-11-10(8-4-5-17(8,12)18)15(25)23(16(11)26)22-14(24)9-3-1-2-6-21-9/h1-6,8,10-13H,7,20H2,(H,22,24)/t8?,10-,11?,12?,13?,17?,18?,19?/m1/s1. The van der Waals surface area contributed by atoms with Crippen LogP contribution in [0.1, 0.15) is 16.9 Å². The van der Waals surface area contributed by atoms with E-state index in [1.807, 2.05) is 0 Å². The first kappa shape index (κ1) is 13.6. The van der Waals surface area contributed by atoms with Crippen LogP contribution in [0, 0.1) is 40.4 Å². The van der Waals surface area contributed by atoms with Gasteiger partial charge in [0.05, 0.1) is 11.8 Å². The molecule has 0 bridgehead atoms. The Morgan fingerprint density at radius 3 is 2.73 bits per heavy atom. The Bertz CT molecular complexity index is 992. The minimum atomic E-state index is -0.544. The van der Waals surface area contributed by atoms with E-state index in [-0.39, 0.29) is 57.5 Å². The topological polar surface area (TPSA) is 105 Å². The number of hydrogen-bond acceptors (Lipinski definition) is 5. The smallest absolute Gasteiger partial charge is 0.288 e. The Balaban J connectivity index is 1.22. The summed E-state index contributed by atoms with van der Waals surface area (Å²) in [5.74, 6) is -1.19. The third kappa shape index (κ3) is 0.986. The van der Waals surface area contributed by atoms with Gasteiger partial charge < -0.3 is 5.73 Å². The van der Waals surface area contributed by atoms with E-state index in [1.165, 1.54) is 6.20 Å². The highest BCUT2D eigenvalue weighted by Crippen LogP contribution is 3.05. The molecule has 7 heteroatoms. The summed E-state index contributed by atoms with van der Waals surface area (Å²) >= 11 is 0. The van der Waals surface area contributed by atoms with Gasteiger partial charge in [-0.05, 0) is 36.3 Å². The molecule has 6 aliphatic rings. The molecule has 0 radical (unpaired) electrons. The molecule has 7 rings (SSSR count). The second-order valence-electron chi connectivity index (χ2n) is 8.73. The van der Waals surface area contributed by atoms with Gasteiger partial charge in [-0.25, -0.2) is 0 Å². The fourth-order valence-electron chi connectivity index (χ4n) is 7.44. The van der Waals surface area contributed by atoms with Crippen LogP contribution < -0.4 is 11.2 Å². The van der Waals surface area contributed by atoms with Gasteiger partial charge in [-0.15, -0.1) is 0 Å². The molecule has 4 saturated carbocycles. The van der Waals surface area contributed by atoms with E-state index < -0.39 is 5.91 Å². The molecule has 5 fully saturated rings. The maximum atomic E-state index is 13.1. The maximum Gasteiger partial charge on any atom is 0.288 e. The highest BCUT2D eigenvalue weighted by atomic mass is 16.2. The number of rotatable bonds is 2. The van der Waals surface area contributed by atoms with E-state index in [1.54, 1.807) is 18.2 Å². The summed E-state index contributed by atoms with van der Waals surface area (Å²) in [5, 5.41) is 0.935. The number of nitrogens with two attached hydrogens (primary N) is 1. The summed E-state index contributed by atoms with van der Waals surface area (Å²) in [4.78, 5) is 42.4. The Morgan fingerprint density at radius 1 is 1.27 bits per heavy atom. The number of carbonyl (C=O) groups excluding carboxylic acids is 3. The molecule has 7 unspecified atom stereocenters. The number of nitrogens with one attached hydrogen (secondary N) is 1. The Morgan fingerprint density at radius 2 is 2.08 bits per heavy atom. The van der Waals surface area contributed by atoms with Crippen LogP contribution in [0.2, 0.25) is 0 Å². The van der Waals surface area contributed by atoms with E-state index in [0.717, 1.165) is 11.4 Å². The molecule has 0 aromatic carbocycles. The van der Waals surface area contributed by atoms with Gasteiger partial charge in [0.15, 0.2) is 0 Å². The van der Waals surface area contributed by atoms with E-state index >= 15 is 0 Å². The lowest BCUT2D eigenvalue weighted by atomic mass is 9.46. The van der Waals surface area contributed by atoms with Crippen molar-refractivity contribution in [3.8, 4) is 0 Å². The van der Waals surface area contributed by atoms with Crippen molar-refractivity contribution in [3.63, 3.8) is 0 Å². The molecule has 26 heavy (non-hydrogen) atoms. The van der Waals surface area contributed by atoms with Gasteiger partial charge in [0.2, 0.25) is 0 Å². The zero-order valence-corrected chi connectivity index (χ0v) is 13.8. The number of imide groups is 1. The first-order valence-electron chi connectivity index (χ1n) is 9.07. The Labute approximate surface area is 148 Å². The monoisotopic (exact) mass is 348 g/mol. The van der Waals surface area contributed by atoms with Gasteiger partial charge in [-0.3, -0.25) is 24.8 Å². The predicted octanol–water partition coefficient (Wildman–Crippen LogP) is -0.139. The molecular weight excluding hydrogens is 332 g/mol. The van der Waals surface area contributed by atoms with Crippen LogP contribution in [0.4, 0.5) is 0 Å². The van der Waals surface area contributed by atoms with E-state index in [9.17, 15) is 14.4 Å². The molecule has 7 nitrogen and oxygen atoms in total. The second-order valence-corrected chi connectivity index (χ2v) is 8.73. The van der Waals surface area contributed by atoms with Gasteiger partial charge in [-0.1, -0.05) is 18.2 Å². The summed E-state index contributed by atoms with van der Waals surface area (Å²) < 4.78 is 0. The lowest BCUT2D eigenvalue weighted by molar-refractivity contribution is -0.148. The highest BCUT2D eigenvalue weighted by molar-refractivity contribution is 6.09. The summed E-state index contributed by atoms with van der Waals surface area (Å²) in [5.41, 5.74) is 9.19. The Hall–Kier alpha value is -2.54. The third-order valence-corrected chi connectivity index (χ3v) is 8.38. The fraction of sp³-hybridized carbons (Fsp3) is 0.474. The zero-order valence-electron chi connectivity index (χ0n) is 13.8. The summed E-state index contributed by atoms with van der Waals surface area (Å²) in [6.45, 7) is 0. The highest BCUT2D eigenvalue weighted by Gasteiger charge is 3.08. The van der Waals surface area contributed by atoms with Crippen molar-refractivity contribution in [3.05, 3.63) is 42.2 Å². The van der Waals surface area contributed by atoms with Crippen LogP contribution in [-0.2, 0) is 9.59 Å². The number of aromatic nitrogens is 1. The normalized spacial score (nSPS) is 52.8. The van der Waals surface area contributed by atoms with Crippen LogP contribution in [0.3, 0.4) is 0 Å². The predicted molar refractivity (Wildman–Crippen MR) is 86.5 cm³/mol. The number of pyridine rings is 1. The van der Waals surface area contributed by atoms with Gasteiger partial charge in [0.1, 0.15) is 5.69 Å². The molecule has 3 amide bonds. The van der Waals surface area contributed by atoms with Gasteiger partial charge in [0.25, 0.3) is 17.7 Å². The molecule has 1 saturated heterocycles. The number of carbonyl (C=O) groups is 3. The summed E-state index contributed by atoms with van der Waals surface area (Å²) in [6.07, 6.45) is 6.83. The second kappa shape index (κ2) is 3.49. The molecule has 5 aliphatic carbocycles. The summed E-state index contributed by atoms with van der Waals surface area (Å²) in [7, 11) is 0. The van der Waals surface area contributed by atoms with E-state index in [2.05, 4.69) is 22.6 Å². The molecule has 2 heterocycles. The van der Waals surface area contributed by atoms with Crippen LogP contribution in [-0.4, -0.2) is 33.3 Å². The van der Waals surface area contributed by atoms with Crippen LogP contribution >= 0.6 is 0 Å². The fourth-order valence-corrected chi connectivity index (χ4v) is 7.44. The van der Waals surface area contributed by atoms with Crippen molar-refractivity contribution in [2.24, 2.45) is 46.2 Å². The average Bonchev–Trinajstić information content (AvgIpc) is 3.31. The van der Waals surface area contributed by atoms with Gasteiger partial charge in [0, 0.05) is 22.6 Å². The van der Waals surface area contributed by atoms with Crippen LogP contribution in [0.15, 0.2) is 36.5 Å². The average molecular weight is 348 g/mol. The van der Waals surface area contributed by atoms with Gasteiger partial charge >= 0.3 is 0 Å². The number of fused-ring (bicyclic) bond motifs is 5. The van der Waals surface area contributed by atoms with Gasteiger partial charge in [-0.2, -0.15) is 5.01 Å². The van der Waals surface area contributed by atoms with Crippen molar-refractivity contribution in [1.29, 1.82) is 0 Å². The molecule has 1 aromatic heterocycles. The number of hydrogen-bond donors (Lipinski definition) is 2. The number of nitrogens with zero attached hydrogens (tertiary/aromatic N) is 2. The number of amides is 3. The molecule has 1 aliphatic heterocycles. The number of allylic oxidation sites excluding steroid dienone is 2. The van der Waals surface area contributed by atoms with Crippen LogP contribution in [0.25, 0.3) is 0 Å². The molecular formula is C19H16N4O3. The number of hydrazine groups is 1. The maximum absolute atomic E-state index is 13.1. The lowest BCUT2D eigenvalue weighted by Gasteiger charge is -2.56. The van der Waals surface area contributed by atoms with Crippen molar-refractivity contribution in [1.82, 2.24) is 15.4 Å². The largest absolute Gasteiger partial charge is 0.324 e. The van der Waals surface area contributed by atoms with Crippen LogP contribution in [0.5, 0.6) is 0 Å². The zero-order chi connectivity index (χ0) is 17.6. The minimum absolute atomic E-state index is 0.0237. The molecule has 3 N–H and O–H groups in total. The first-order chi connectivity index (χ1) is 12.5. The SMILES string of the molecule is NC12CC13C2C1C2C(=O)N(NC(=O)c4ccccn4)C(=O)[C@@H]2C2C=CC123. The molecule has 8 atom stereocenters. The van der Waals surface area contributed by atoms with Crippen molar-refractivity contribution >= 4 is 17.7 Å².